The largest absolute Gasteiger partial charge is 0.328 e. The fourth-order valence-electron chi connectivity index (χ4n) is 3.80. The molecule has 1 unspecified atom stereocenters. The van der Waals surface area contributed by atoms with E-state index >= 15 is 0 Å². The van der Waals surface area contributed by atoms with Crippen molar-refractivity contribution in [1.29, 1.82) is 0 Å². The third-order valence-corrected chi connectivity index (χ3v) is 5.07. The van der Waals surface area contributed by atoms with Gasteiger partial charge in [-0.25, -0.2) is 9.69 Å². The molecule has 1 atom stereocenters. The van der Waals surface area contributed by atoms with E-state index in [1.807, 2.05) is 12.1 Å². The third kappa shape index (κ3) is 2.20. The van der Waals surface area contributed by atoms with Crippen LogP contribution in [0.5, 0.6) is 0 Å². The number of nitrogens with zero attached hydrogens (tertiary/aromatic N) is 3. The van der Waals surface area contributed by atoms with Gasteiger partial charge >= 0.3 is 6.03 Å². The molecule has 22 heavy (non-hydrogen) atoms. The van der Waals surface area contributed by atoms with Crippen molar-refractivity contribution in [3.8, 4) is 0 Å². The lowest BCUT2D eigenvalue weighted by atomic mass is 9.95. The van der Waals surface area contributed by atoms with E-state index in [-0.39, 0.29) is 18.0 Å². The highest BCUT2D eigenvalue weighted by molar-refractivity contribution is 6.04. The summed E-state index contributed by atoms with van der Waals surface area (Å²) >= 11 is 0. The topological polar surface area (TPSA) is 43.9 Å². The van der Waals surface area contributed by atoms with Crippen molar-refractivity contribution in [3.05, 3.63) is 35.4 Å². The van der Waals surface area contributed by atoms with Crippen molar-refractivity contribution in [2.75, 3.05) is 19.8 Å². The SMILES string of the molecule is O=C1C2Cc3ccccc3CN2C(=O)N1CN1CCCCC1. The van der Waals surface area contributed by atoms with Crippen molar-refractivity contribution < 1.29 is 9.59 Å². The molecule has 116 valence electrons. The highest BCUT2D eigenvalue weighted by Gasteiger charge is 2.47. The van der Waals surface area contributed by atoms with Crippen molar-refractivity contribution in [3.63, 3.8) is 0 Å². The molecule has 5 heteroatoms. The second-order valence-electron chi connectivity index (χ2n) is 6.49. The fourth-order valence-corrected chi connectivity index (χ4v) is 3.80. The number of likely N-dealkylation sites (tertiary alicyclic amines) is 1. The monoisotopic (exact) mass is 299 g/mol. The maximum Gasteiger partial charge on any atom is 0.328 e. The van der Waals surface area contributed by atoms with E-state index in [1.165, 1.54) is 22.4 Å². The highest BCUT2D eigenvalue weighted by atomic mass is 16.2. The number of piperidine rings is 1. The van der Waals surface area contributed by atoms with Crippen LogP contribution in [0.3, 0.4) is 0 Å². The Bertz CT molecular complexity index is 567. The van der Waals surface area contributed by atoms with E-state index in [4.69, 9.17) is 0 Å². The molecule has 3 aliphatic rings. The van der Waals surface area contributed by atoms with Crippen LogP contribution in [-0.2, 0) is 17.8 Å². The Hall–Kier alpha value is -1.88. The summed E-state index contributed by atoms with van der Waals surface area (Å²) < 4.78 is 0. The molecule has 4 rings (SSSR count). The van der Waals surface area contributed by atoms with Gasteiger partial charge in [0, 0.05) is 13.0 Å². The van der Waals surface area contributed by atoms with Gasteiger partial charge in [0.15, 0.2) is 0 Å². The van der Waals surface area contributed by atoms with E-state index < -0.39 is 0 Å². The molecule has 0 bridgehead atoms. The highest BCUT2D eigenvalue weighted by Crippen LogP contribution is 2.30. The number of hydrogen-bond acceptors (Lipinski definition) is 3. The van der Waals surface area contributed by atoms with Crippen LogP contribution in [0.4, 0.5) is 4.79 Å². The second kappa shape index (κ2) is 5.39. The van der Waals surface area contributed by atoms with Gasteiger partial charge in [-0.2, -0.15) is 0 Å². The number of carbonyl (C=O) groups is 2. The molecule has 3 amide bonds. The zero-order chi connectivity index (χ0) is 15.1. The minimum atomic E-state index is -0.299. The van der Waals surface area contributed by atoms with Gasteiger partial charge in [0.25, 0.3) is 5.91 Å². The molecule has 0 aromatic heterocycles. The standard InChI is InChI=1S/C17H21N3O2/c21-16-15-10-13-6-2-3-7-14(13)11-19(15)17(22)20(16)12-18-8-4-1-5-9-18/h2-3,6-7,15H,1,4-5,8-12H2. The van der Waals surface area contributed by atoms with Crippen LogP contribution >= 0.6 is 0 Å². The van der Waals surface area contributed by atoms with E-state index in [2.05, 4.69) is 17.0 Å². The number of rotatable bonds is 2. The van der Waals surface area contributed by atoms with E-state index in [0.29, 0.717) is 19.6 Å². The van der Waals surface area contributed by atoms with Gasteiger partial charge in [0.2, 0.25) is 0 Å². The van der Waals surface area contributed by atoms with Crippen LogP contribution in [0.15, 0.2) is 24.3 Å². The maximum atomic E-state index is 12.7. The van der Waals surface area contributed by atoms with Crippen LogP contribution in [0.1, 0.15) is 30.4 Å². The molecule has 2 saturated heterocycles. The molecular weight excluding hydrogens is 278 g/mol. The van der Waals surface area contributed by atoms with Gasteiger partial charge in [-0.1, -0.05) is 30.7 Å². The molecular formula is C17H21N3O2. The van der Waals surface area contributed by atoms with Gasteiger partial charge < -0.3 is 4.90 Å². The van der Waals surface area contributed by atoms with Gasteiger partial charge in [0.1, 0.15) is 6.04 Å². The minimum Gasteiger partial charge on any atom is -0.308 e. The van der Waals surface area contributed by atoms with Crippen LogP contribution in [0.25, 0.3) is 0 Å². The second-order valence-corrected chi connectivity index (χ2v) is 6.49. The molecule has 0 radical (unpaired) electrons. The number of fused-ring (bicyclic) bond motifs is 2. The molecule has 5 nitrogen and oxygen atoms in total. The average molecular weight is 299 g/mol. The van der Waals surface area contributed by atoms with Crippen molar-refractivity contribution in [1.82, 2.24) is 14.7 Å². The van der Waals surface area contributed by atoms with Crippen molar-refractivity contribution in [2.45, 2.75) is 38.3 Å². The average Bonchev–Trinajstić information content (AvgIpc) is 2.79. The zero-order valence-electron chi connectivity index (χ0n) is 12.7. The van der Waals surface area contributed by atoms with E-state index in [0.717, 1.165) is 25.9 Å². The van der Waals surface area contributed by atoms with Gasteiger partial charge in [-0.3, -0.25) is 9.69 Å². The molecule has 0 spiro atoms. The molecule has 3 aliphatic heterocycles. The molecule has 0 saturated carbocycles. The van der Waals surface area contributed by atoms with Gasteiger partial charge in [-0.15, -0.1) is 0 Å². The Morgan fingerprint density at radius 3 is 2.50 bits per heavy atom. The number of hydrogen-bond donors (Lipinski definition) is 0. The molecule has 0 aliphatic carbocycles. The van der Waals surface area contributed by atoms with E-state index in [9.17, 15) is 9.59 Å². The van der Waals surface area contributed by atoms with Gasteiger partial charge in [0.05, 0.1) is 6.67 Å². The van der Waals surface area contributed by atoms with Crippen LogP contribution in [0, 0.1) is 0 Å². The molecule has 1 aromatic rings. The first kappa shape index (κ1) is 13.8. The summed E-state index contributed by atoms with van der Waals surface area (Å²) in [6, 6.07) is 7.70. The summed E-state index contributed by atoms with van der Waals surface area (Å²) in [5.74, 6) is -0.0231. The Morgan fingerprint density at radius 1 is 1.00 bits per heavy atom. The summed E-state index contributed by atoms with van der Waals surface area (Å²) in [4.78, 5) is 30.7. The smallest absolute Gasteiger partial charge is 0.308 e. The zero-order valence-corrected chi connectivity index (χ0v) is 12.7. The Labute approximate surface area is 130 Å². The maximum absolute atomic E-state index is 12.7. The molecule has 1 aromatic carbocycles. The van der Waals surface area contributed by atoms with Gasteiger partial charge in [-0.05, 0) is 37.1 Å². The number of benzene rings is 1. The first-order valence-electron chi connectivity index (χ1n) is 8.15. The first-order valence-corrected chi connectivity index (χ1v) is 8.15. The predicted molar refractivity (Wildman–Crippen MR) is 82.0 cm³/mol. The summed E-state index contributed by atoms with van der Waals surface area (Å²) in [7, 11) is 0. The van der Waals surface area contributed by atoms with Crippen molar-refractivity contribution >= 4 is 11.9 Å². The fraction of sp³-hybridized carbons (Fsp3) is 0.529. The predicted octanol–water partition coefficient (Wildman–Crippen LogP) is 1.82. The summed E-state index contributed by atoms with van der Waals surface area (Å²) in [5.41, 5.74) is 2.37. The number of amides is 3. The Kier molecular flexibility index (Phi) is 3.37. The Morgan fingerprint density at radius 2 is 1.73 bits per heavy atom. The lowest BCUT2D eigenvalue weighted by molar-refractivity contribution is -0.130. The van der Waals surface area contributed by atoms with Crippen molar-refractivity contribution in [2.24, 2.45) is 0 Å². The van der Waals surface area contributed by atoms with Crippen LogP contribution in [0.2, 0.25) is 0 Å². The molecule has 2 fully saturated rings. The first-order chi connectivity index (χ1) is 10.7. The number of urea groups is 1. The number of carbonyl (C=O) groups excluding carboxylic acids is 2. The number of imide groups is 1. The lowest BCUT2D eigenvalue weighted by Gasteiger charge is -2.30. The quantitative estimate of drug-likeness (QED) is 0.782. The molecule has 3 heterocycles. The van der Waals surface area contributed by atoms with E-state index in [1.54, 1.807) is 4.90 Å². The molecule has 0 N–H and O–H groups in total. The van der Waals surface area contributed by atoms with Crippen LogP contribution < -0.4 is 0 Å². The third-order valence-electron chi connectivity index (χ3n) is 5.07. The minimum absolute atomic E-state index is 0.0231. The summed E-state index contributed by atoms with van der Waals surface area (Å²) in [6.45, 7) is 2.99. The summed E-state index contributed by atoms with van der Waals surface area (Å²) in [5, 5.41) is 0. The van der Waals surface area contributed by atoms with Crippen LogP contribution in [-0.4, -0.2) is 52.4 Å². The Balaban J connectivity index is 1.53. The summed E-state index contributed by atoms with van der Waals surface area (Å²) in [6.07, 6.45) is 4.23. The normalized spacial score (nSPS) is 25.4. The lowest BCUT2D eigenvalue weighted by Crippen LogP contribution is -2.44.